The topological polar surface area (TPSA) is 88.9 Å². The normalized spacial score (nSPS) is 12.0. The van der Waals surface area contributed by atoms with E-state index in [0.29, 0.717) is 16.5 Å². The zero-order valence-corrected chi connectivity index (χ0v) is 21.8. The first-order valence-corrected chi connectivity index (χ1v) is 12.4. The molecule has 0 radical (unpaired) electrons. The van der Waals surface area contributed by atoms with Gasteiger partial charge in [-0.2, -0.15) is 0 Å². The van der Waals surface area contributed by atoms with Crippen molar-refractivity contribution in [3.05, 3.63) is 69.5 Å². The second-order valence-corrected chi connectivity index (χ2v) is 10.1. The minimum absolute atomic E-state index is 0.100. The summed E-state index contributed by atoms with van der Waals surface area (Å²) in [6, 6.07) is 12.9. The summed E-state index contributed by atoms with van der Waals surface area (Å²) >= 11 is 4.73. The van der Waals surface area contributed by atoms with E-state index in [0.717, 1.165) is 21.3 Å². The predicted octanol–water partition coefficient (Wildman–Crippen LogP) is 5.05. The molecular weight excluding hydrogens is 502 g/mol. The maximum absolute atomic E-state index is 12.8. The average Bonchev–Trinajstić information content (AvgIpc) is 3.12. The summed E-state index contributed by atoms with van der Waals surface area (Å²) < 4.78 is 2.80. The Morgan fingerprint density at radius 3 is 2.55 bits per heavy atom. The first kappa shape index (κ1) is 25.0. The molecule has 0 spiro atoms. The number of aromatic nitrogens is 3. The minimum Gasteiger partial charge on any atom is -0.342 e. The second kappa shape index (κ2) is 11.0. The molecule has 0 saturated carbocycles. The monoisotopic (exact) mass is 529 g/mol. The summed E-state index contributed by atoms with van der Waals surface area (Å²) in [7, 11) is 1.85. The molecule has 0 bridgehead atoms. The van der Waals surface area contributed by atoms with E-state index in [-0.39, 0.29) is 29.5 Å². The van der Waals surface area contributed by atoms with Crippen molar-refractivity contribution in [2.75, 3.05) is 11.1 Å². The van der Waals surface area contributed by atoms with Crippen molar-refractivity contribution in [3.63, 3.8) is 0 Å². The lowest BCUT2D eigenvalue weighted by atomic mass is 10.0. The number of anilines is 1. The van der Waals surface area contributed by atoms with E-state index < -0.39 is 0 Å². The fourth-order valence-electron chi connectivity index (χ4n) is 3.35. The highest BCUT2D eigenvalue weighted by molar-refractivity contribution is 9.10. The van der Waals surface area contributed by atoms with Crippen LogP contribution in [0.3, 0.4) is 0 Å². The third-order valence-corrected chi connectivity index (χ3v) is 6.69. The van der Waals surface area contributed by atoms with E-state index in [2.05, 4.69) is 36.8 Å². The molecule has 0 aliphatic rings. The van der Waals surface area contributed by atoms with Gasteiger partial charge in [-0.25, -0.2) is 0 Å². The van der Waals surface area contributed by atoms with Gasteiger partial charge in [0.25, 0.3) is 5.91 Å². The number of halogens is 1. The van der Waals surface area contributed by atoms with Crippen molar-refractivity contribution in [1.29, 1.82) is 0 Å². The van der Waals surface area contributed by atoms with Gasteiger partial charge in [-0.1, -0.05) is 59.2 Å². The molecule has 1 unspecified atom stereocenters. The summed E-state index contributed by atoms with van der Waals surface area (Å²) in [5.74, 6) is 0.673. The van der Waals surface area contributed by atoms with Crippen molar-refractivity contribution in [2.24, 2.45) is 13.0 Å². The molecule has 1 atom stereocenters. The van der Waals surface area contributed by atoms with E-state index in [9.17, 15) is 9.59 Å². The van der Waals surface area contributed by atoms with Gasteiger partial charge in [0.05, 0.1) is 11.8 Å². The first-order valence-electron chi connectivity index (χ1n) is 10.6. The fourth-order valence-corrected chi connectivity index (χ4v) is 4.54. The highest BCUT2D eigenvalue weighted by Gasteiger charge is 2.25. The number of hydrogen-bond acceptors (Lipinski definition) is 5. The summed E-state index contributed by atoms with van der Waals surface area (Å²) in [6.07, 6.45) is 0. The van der Waals surface area contributed by atoms with Crippen LogP contribution in [0, 0.1) is 19.8 Å². The quantitative estimate of drug-likeness (QED) is 0.398. The van der Waals surface area contributed by atoms with E-state index in [1.54, 1.807) is 6.07 Å². The predicted molar refractivity (Wildman–Crippen MR) is 135 cm³/mol. The summed E-state index contributed by atoms with van der Waals surface area (Å²) in [5.41, 5.74) is 3.39. The number of benzene rings is 2. The maximum Gasteiger partial charge on any atom is 0.251 e. The molecule has 3 aromatic rings. The molecule has 0 aliphatic carbocycles. The Balaban J connectivity index is 1.67. The van der Waals surface area contributed by atoms with Gasteiger partial charge in [0.1, 0.15) is 0 Å². The van der Waals surface area contributed by atoms with Crippen LogP contribution in [0.1, 0.15) is 47.2 Å². The van der Waals surface area contributed by atoms with Gasteiger partial charge in [0.15, 0.2) is 11.0 Å². The summed E-state index contributed by atoms with van der Waals surface area (Å²) in [4.78, 5) is 25.3. The zero-order chi connectivity index (χ0) is 24.1. The van der Waals surface area contributed by atoms with Crippen LogP contribution in [0.5, 0.6) is 0 Å². The van der Waals surface area contributed by atoms with Crippen LogP contribution in [0.2, 0.25) is 0 Å². The summed E-state index contributed by atoms with van der Waals surface area (Å²) in [6.45, 7) is 7.95. The lowest BCUT2D eigenvalue weighted by Gasteiger charge is -2.21. The second-order valence-electron chi connectivity index (χ2n) is 8.26. The molecule has 0 saturated heterocycles. The molecule has 1 aromatic heterocycles. The van der Waals surface area contributed by atoms with E-state index in [1.807, 2.05) is 75.7 Å². The first-order chi connectivity index (χ1) is 15.7. The van der Waals surface area contributed by atoms with Gasteiger partial charge in [0, 0.05) is 22.8 Å². The lowest BCUT2D eigenvalue weighted by Crippen LogP contribution is -2.33. The molecule has 33 heavy (non-hydrogen) atoms. The molecule has 2 N–H and O–H groups in total. The number of rotatable bonds is 8. The van der Waals surface area contributed by atoms with E-state index in [1.165, 1.54) is 11.8 Å². The van der Waals surface area contributed by atoms with Crippen molar-refractivity contribution in [3.8, 4) is 0 Å². The average molecular weight is 530 g/mol. The Labute approximate surface area is 206 Å². The van der Waals surface area contributed by atoms with Crippen molar-refractivity contribution in [2.45, 2.75) is 38.9 Å². The molecule has 0 aliphatic heterocycles. The van der Waals surface area contributed by atoms with Crippen LogP contribution in [-0.4, -0.2) is 32.3 Å². The third-order valence-electron chi connectivity index (χ3n) is 5.18. The Morgan fingerprint density at radius 1 is 1.12 bits per heavy atom. The number of nitrogens with zero attached hydrogens (tertiary/aromatic N) is 3. The van der Waals surface area contributed by atoms with Crippen molar-refractivity contribution in [1.82, 2.24) is 20.1 Å². The van der Waals surface area contributed by atoms with Crippen LogP contribution in [0.15, 0.2) is 52.1 Å². The van der Waals surface area contributed by atoms with Gasteiger partial charge in [-0.05, 0) is 55.7 Å². The Bertz CT molecular complexity index is 1160. The molecule has 7 nitrogen and oxygen atoms in total. The standard InChI is InChI=1S/C24H28BrN5O2S/c1-14(2)21(27-23(32)17-8-6-7-15(3)11-17)22-28-29-24(30(22)5)33-13-20(31)26-19-10-9-18(25)12-16(19)4/h6-12,14,21H,13H2,1-5H3,(H,26,31)(H,27,32). The number of amides is 2. The van der Waals surface area contributed by atoms with Crippen LogP contribution < -0.4 is 10.6 Å². The van der Waals surface area contributed by atoms with Gasteiger partial charge < -0.3 is 15.2 Å². The third kappa shape index (κ3) is 6.45. The van der Waals surface area contributed by atoms with Gasteiger partial charge >= 0.3 is 0 Å². The van der Waals surface area contributed by atoms with Crippen molar-refractivity contribution < 1.29 is 9.59 Å². The van der Waals surface area contributed by atoms with Crippen LogP contribution in [0.4, 0.5) is 5.69 Å². The van der Waals surface area contributed by atoms with Crippen LogP contribution >= 0.6 is 27.7 Å². The van der Waals surface area contributed by atoms with E-state index in [4.69, 9.17) is 0 Å². The molecule has 1 heterocycles. The maximum atomic E-state index is 12.8. The zero-order valence-electron chi connectivity index (χ0n) is 19.3. The number of hydrogen-bond donors (Lipinski definition) is 2. The highest BCUT2D eigenvalue weighted by Crippen LogP contribution is 2.25. The van der Waals surface area contributed by atoms with E-state index >= 15 is 0 Å². The molecular formula is C24H28BrN5O2S. The SMILES string of the molecule is Cc1cccc(C(=O)NC(c2nnc(SCC(=O)Nc3ccc(Br)cc3C)n2C)C(C)C)c1. The number of carbonyl (C=O) groups excluding carboxylic acids is 2. The lowest BCUT2D eigenvalue weighted by molar-refractivity contribution is -0.113. The molecule has 3 rings (SSSR count). The fraction of sp³-hybridized carbons (Fsp3) is 0.333. The molecule has 2 amide bonds. The number of aryl methyl sites for hydroxylation is 2. The summed E-state index contributed by atoms with van der Waals surface area (Å²) in [5, 5.41) is 15.2. The number of nitrogens with one attached hydrogen (secondary N) is 2. The van der Waals surface area contributed by atoms with Crippen LogP contribution in [0.25, 0.3) is 0 Å². The largest absolute Gasteiger partial charge is 0.342 e. The minimum atomic E-state index is -0.316. The number of thioether (sulfide) groups is 1. The molecule has 0 fully saturated rings. The van der Waals surface area contributed by atoms with Gasteiger partial charge in [-0.3, -0.25) is 9.59 Å². The smallest absolute Gasteiger partial charge is 0.251 e. The van der Waals surface area contributed by atoms with Gasteiger partial charge in [-0.15, -0.1) is 10.2 Å². The Kier molecular flexibility index (Phi) is 8.31. The Morgan fingerprint density at radius 2 is 1.88 bits per heavy atom. The molecule has 2 aromatic carbocycles. The molecule has 174 valence electrons. The van der Waals surface area contributed by atoms with Crippen LogP contribution in [-0.2, 0) is 11.8 Å². The molecule has 9 heteroatoms. The number of carbonyl (C=O) groups is 2. The van der Waals surface area contributed by atoms with Gasteiger partial charge in [0.2, 0.25) is 5.91 Å². The highest BCUT2D eigenvalue weighted by atomic mass is 79.9. The Hall–Kier alpha value is -2.65. The van der Waals surface area contributed by atoms with Crippen molar-refractivity contribution >= 4 is 45.2 Å².